The van der Waals surface area contributed by atoms with Crippen molar-refractivity contribution in [2.24, 2.45) is 18.7 Å². The highest BCUT2D eigenvalue weighted by atomic mass is 19.1. The van der Waals surface area contributed by atoms with E-state index in [-0.39, 0.29) is 18.5 Å². The van der Waals surface area contributed by atoms with Crippen LogP contribution in [0.5, 0.6) is 5.75 Å². The van der Waals surface area contributed by atoms with E-state index in [1.807, 2.05) is 42.3 Å². The van der Waals surface area contributed by atoms with E-state index in [2.05, 4.69) is 39.2 Å². The smallest absolute Gasteiger partial charge is 0.254 e. The van der Waals surface area contributed by atoms with Crippen molar-refractivity contribution in [3.8, 4) is 17.3 Å². The molecule has 218 valence electrons. The van der Waals surface area contributed by atoms with Gasteiger partial charge in [-0.3, -0.25) is 4.79 Å². The lowest BCUT2D eigenvalue weighted by molar-refractivity contribution is 0.0725. The Morgan fingerprint density at radius 3 is 2.83 bits per heavy atom. The number of hydrogen-bond acceptors (Lipinski definition) is 5. The molecule has 2 atom stereocenters. The molecule has 1 aliphatic heterocycles. The van der Waals surface area contributed by atoms with Gasteiger partial charge in [-0.15, -0.1) is 0 Å². The SMILES string of the molecule is C[C@H](COc1cccc2cc(-c3nc4cc5c(cc4n3C)CCN(C[C@H](N)CF)C5=O)n(CC3CC3)c12)n1ccnc1. The fourth-order valence-electron chi connectivity index (χ4n) is 6.12. The monoisotopic (exact) mass is 569 g/mol. The molecule has 10 heteroatoms. The molecule has 2 aliphatic rings. The van der Waals surface area contributed by atoms with E-state index in [0.717, 1.165) is 51.3 Å². The molecule has 1 amide bonds. The minimum atomic E-state index is -0.669. The zero-order valence-electron chi connectivity index (χ0n) is 24.0. The molecule has 0 saturated heterocycles. The van der Waals surface area contributed by atoms with E-state index in [1.54, 1.807) is 11.1 Å². The van der Waals surface area contributed by atoms with Gasteiger partial charge < -0.3 is 29.1 Å². The summed E-state index contributed by atoms with van der Waals surface area (Å²) in [7, 11) is 2.04. The van der Waals surface area contributed by atoms with Crippen LogP contribution >= 0.6 is 0 Å². The van der Waals surface area contributed by atoms with Gasteiger partial charge >= 0.3 is 0 Å². The number of para-hydroxylation sites is 1. The summed E-state index contributed by atoms with van der Waals surface area (Å²) in [6.07, 6.45) is 8.70. The highest BCUT2D eigenvalue weighted by Gasteiger charge is 2.29. The van der Waals surface area contributed by atoms with Gasteiger partial charge in [-0.05, 0) is 61.9 Å². The lowest BCUT2D eigenvalue weighted by Crippen LogP contribution is -2.45. The number of aromatic nitrogens is 5. The molecule has 0 spiro atoms. The normalized spacial score (nSPS) is 16.8. The first-order valence-electron chi connectivity index (χ1n) is 14.7. The molecule has 2 N–H and O–H groups in total. The number of fused-ring (bicyclic) bond motifs is 3. The second-order valence-electron chi connectivity index (χ2n) is 11.9. The first kappa shape index (κ1) is 26.7. The van der Waals surface area contributed by atoms with Crippen LogP contribution in [0, 0.1) is 5.92 Å². The molecule has 0 bridgehead atoms. The number of carbonyl (C=O) groups excluding carboxylic acids is 1. The van der Waals surface area contributed by atoms with Crippen molar-refractivity contribution in [3.63, 3.8) is 0 Å². The molecule has 4 heterocycles. The van der Waals surface area contributed by atoms with Crippen LogP contribution in [0.1, 0.15) is 41.7 Å². The third kappa shape index (κ3) is 4.73. The Balaban J connectivity index is 1.28. The highest BCUT2D eigenvalue weighted by Crippen LogP contribution is 2.39. The van der Waals surface area contributed by atoms with Gasteiger partial charge in [0, 0.05) is 50.0 Å². The number of alkyl halides is 1. The number of halogens is 1. The number of hydrogen-bond donors (Lipinski definition) is 1. The Kier molecular flexibility index (Phi) is 6.73. The molecule has 1 saturated carbocycles. The summed E-state index contributed by atoms with van der Waals surface area (Å²) in [6.45, 7) is 3.65. The van der Waals surface area contributed by atoms with Gasteiger partial charge in [-0.25, -0.2) is 14.4 Å². The fraction of sp³-hybridized carbons (Fsp3) is 0.406. The molecule has 0 radical (unpaired) electrons. The Hall–Kier alpha value is -4.18. The number of aryl methyl sites for hydroxylation is 1. The van der Waals surface area contributed by atoms with Crippen LogP contribution in [0.4, 0.5) is 4.39 Å². The number of rotatable bonds is 10. The van der Waals surface area contributed by atoms with Crippen LogP contribution in [-0.4, -0.2) is 66.9 Å². The molecule has 2 aromatic carbocycles. The summed E-state index contributed by atoms with van der Waals surface area (Å²) in [5.74, 6) is 2.24. The summed E-state index contributed by atoms with van der Waals surface area (Å²) in [5.41, 5.74) is 11.3. The van der Waals surface area contributed by atoms with E-state index in [4.69, 9.17) is 15.5 Å². The Morgan fingerprint density at radius 2 is 2.07 bits per heavy atom. The zero-order valence-corrected chi connectivity index (χ0v) is 24.0. The summed E-state index contributed by atoms with van der Waals surface area (Å²) < 4.78 is 26.0. The molecule has 5 aromatic rings. The predicted octanol–water partition coefficient (Wildman–Crippen LogP) is 4.74. The summed E-state index contributed by atoms with van der Waals surface area (Å²) in [6, 6.07) is 11.9. The lowest BCUT2D eigenvalue weighted by atomic mass is 9.97. The van der Waals surface area contributed by atoms with Gasteiger partial charge in [0.05, 0.1) is 40.7 Å². The van der Waals surface area contributed by atoms with Crippen LogP contribution in [0.25, 0.3) is 33.5 Å². The van der Waals surface area contributed by atoms with Gasteiger partial charge in [0.15, 0.2) is 5.82 Å². The Labute approximate surface area is 243 Å². The molecule has 7 rings (SSSR count). The molecule has 9 nitrogen and oxygen atoms in total. The molecule has 1 aliphatic carbocycles. The number of nitrogens with zero attached hydrogens (tertiary/aromatic N) is 6. The maximum Gasteiger partial charge on any atom is 0.254 e. The zero-order chi connectivity index (χ0) is 29.0. The first-order valence-corrected chi connectivity index (χ1v) is 14.7. The molecule has 0 unspecified atom stereocenters. The fourth-order valence-corrected chi connectivity index (χ4v) is 6.12. The summed E-state index contributed by atoms with van der Waals surface area (Å²) in [5, 5.41) is 1.11. The van der Waals surface area contributed by atoms with Crippen molar-refractivity contribution in [2.45, 2.75) is 44.8 Å². The third-order valence-corrected chi connectivity index (χ3v) is 8.69. The van der Waals surface area contributed by atoms with E-state index >= 15 is 0 Å². The predicted molar refractivity (Wildman–Crippen MR) is 160 cm³/mol. The largest absolute Gasteiger partial charge is 0.489 e. The van der Waals surface area contributed by atoms with E-state index in [9.17, 15) is 9.18 Å². The van der Waals surface area contributed by atoms with Crippen LogP contribution in [0.2, 0.25) is 0 Å². The average molecular weight is 570 g/mol. The van der Waals surface area contributed by atoms with Crippen LogP contribution in [-0.2, 0) is 20.0 Å². The second-order valence-corrected chi connectivity index (χ2v) is 11.9. The van der Waals surface area contributed by atoms with Gasteiger partial charge in [0.25, 0.3) is 5.91 Å². The van der Waals surface area contributed by atoms with Crippen molar-refractivity contribution in [1.29, 1.82) is 0 Å². The number of carbonyl (C=O) groups is 1. The molecular weight excluding hydrogens is 533 g/mol. The Bertz CT molecular complexity index is 1770. The van der Waals surface area contributed by atoms with Crippen LogP contribution in [0.3, 0.4) is 0 Å². The van der Waals surface area contributed by atoms with Gasteiger partial charge in [-0.1, -0.05) is 12.1 Å². The van der Waals surface area contributed by atoms with Gasteiger partial charge in [0.2, 0.25) is 0 Å². The van der Waals surface area contributed by atoms with E-state index < -0.39 is 12.7 Å². The topological polar surface area (TPSA) is 96.1 Å². The van der Waals surface area contributed by atoms with Crippen molar-refractivity contribution >= 4 is 27.8 Å². The molecular formula is C32H36FN7O2. The lowest BCUT2D eigenvalue weighted by Gasteiger charge is -2.30. The second kappa shape index (κ2) is 10.6. The maximum absolute atomic E-state index is 13.3. The van der Waals surface area contributed by atoms with Gasteiger partial charge in [-0.2, -0.15) is 0 Å². The van der Waals surface area contributed by atoms with Crippen molar-refractivity contribution in [2.75, 3.05) is 26.4 Å². The van der Waals surface area contributed by atoms with E-state index in [0.29, 0.717) is 31.1 Å². The number of amides is 1. The quantitative estimate of drug-likeness (QED) is 0.262. The van der Waals surface area contributed by atoms with Crippen molar-refractivity contribution < 1.29 is 13.9 Å². The van der Waals surface area contributed by atoms with Crippen molar-refractivity contribution in [1.82, 2.24) is 28.6 Å². The van der Waals surface area contributed by atoms with Crippen molar-refractivity contribution in [3.05, 3.63) is 66.2 Å². The maximum atomic E-state index is 13.3. The van der Waals surface area contributed by atoms with Gasteiger partial charge in [0.1, 0.15) is 19.0 Å². The summed E-state index contributed by atoms with van der Waals surface area (Å²) >= 11 is 0. The number of benzene rings is 2. The molecule has 42 heavy (non-hydrogen) atoms. The minimum Gasteiger partial charge on any atom is -0.489 e. The first-order chi connectivity index (χ1) is 20.4. The minimum absolute atomic E-state index is 0.108. The average Bonchev–Trinajstić information content (AvgIpc) is 3.36. The number of ether oxygens (including phenoxy) is 1. The highest BCUT2D eigenvalue weighted by molar-refractivity contribution is 6.01. The standard InChI is InChI=1S/C32H36FN7O2/c1-20(39-11-9-35-19-39)18-42-29-5-3-4-23-13-28(40(30(23)29)16-21-6-7-21)31-36-26-14-25-22(12-27(26)37(31)2)8-10-38(32(25)41)17-24(34)15-33/h3-5,9,11-14,19-21,24H,6-8,10,15-18,34H2,1-2H3/t20-,24-/m1/s1. The summed E-state index contributed by atoms with van der Waals surface area (Å²) in [4.78, 5) is 24.2. The van der Waals surface area contributed by atoms with Crippen LogP contribution in [0.15, 0.2) is 55.1 Å². The molecule has 3 aromatic heterocycles. The van der Waals surface area contributed by atoms with E-state index in [1.165, 1.54) is 12.8 Å². The molecule has 1 fully saturated rings. The number of nitrogens with two attached hydrogens (primary N) is 1. The number of imidazole rings is 2. The Morgan fingerprint density at radius 1 is 1.21 bits per heavy atom. The third-order valence-electron chi connectivity index (χ3n) is 8.69. The van der Waals surface area contributed by atoms with Crippen LogP contribution < -0.4 is 10.5 Å².